The Labute approximate surface area is 254 Å². The second kappa shape index (κ2) is 12.7. The van der Waals surface area contributed by atoms with Crippen LogP contribution in [0.1, 0.15) is 69.8 Å². The van der Waals surface area contributed by atoms with Gasteiger partial charge in [-0.1, -0.05) is 25.0 Å². The lowest BCUT2D eigenvalue weighted by molar-refractivity contribution is -0.149. The molecule has 5 atom stereocenters. The maximum atomic E-state index is 14.0. The third-order valence-corrected chi connectivity index (χ3v) is 9.57. The molecular formula is C32H37N5O7. The van der Waals surface area contributed by atoms with E-state index in [-0.39, 0.29) is 49.0 Å². The Hall–Kier alpha value is -4.40. The van der Waals surface area contributed by atoms with Gasteiger partial charge in [0, 0.05) is 13.0 Å². The minimum atomic E-state index is -1.18. The zero-order chi connectivity index (χ0) is 30.8. The third-order valence-electron chi connectivity index (χ3n) is 9.57. The summed E-state index contributed by atoms with van der Waals surface area (Å²) in [5, 5.41) is 22.7. The SMILES string of the molecule is N#Cc1ccc2c(=O)n3c(nc2c1)O[C@@H]1C[C@@H](C(=O)O)N(C1)C(=O)[C@H](C1CCCC1)NC(=O)O[C@@H]1CCC[C@H]1CC/C=C/C3. The van der Waals surface area contributed by atoms with Crippen molar-refractivity contribution in [1.82, 2.24) is 19.8 Å². The molecule has 2 aliphatic heterocycles. The number of hydrogen-bond acceptors (Lipinski definition) is 8. The molecule has 0 radical (unpaired) electrons. The van der Waals surface area contributed by atoms with Gasteiger partial charge in [-0.3, -0.25) is 14.2 Å². The van der Waals surface area contributed by atoms with Crippen molar-refractivity contribution in [1.29, 1.82) is 5.26 Å². The van der Waals surface area contributed by atoms with Crippen LogP contribution in [-0.4, -0.2) is 68.4 Å². The van der Waals surface area contributed by atoms with Gasteiger partial charge in [-0.25, -0.2) is 9.59 Å². The minimum Gasteiger partial charge on any atom is -0.480 e. The van der Waals surface area contributed by atoms with Gasteiger partial charge in [-0.05, 0) is 75.0 Å². The number of amides is 2. The predicted molar refractivity (Wildman–Crippen MR) is 158 cm³/mol. The van der Waals surface area contributed by atoms with Crippen LogP contribution in [0.15, 0.2) is 35.1 Å². The molecule has 0 spiro atoms. The van der Waals surface area contributed by atoms with Crippen LogP contribution in [0.3, 0.4) is 0 Å². The maximum absolute atomic E-state index is 14.0. The number of aromatic nitrogens is 2. The van der Waals surface area contributed by atoms with Gasteiger partial charge in [0.2, 0.25) is 5.91 Å². The summed E-state index contributed by atoms with van der Waals surface area (Å²) in [5.41, 5.74) is 0.290. The lowest BCUT2D eigenvalue weighted by atomic mass is 9.96. The molecule has 2 saturated carbocycles. The number of rotatable bonds is 2. The highest BCUT2D eigenvalue weighted by molar-refractivity contribution is 5.90. The molecule has 3 heterocycles. The van der Waals surface area contributed by atoms with E-state index in [2.05, 4.69) is 16.4 Å². The van der Waals surface area contributed by atoms with Gasteiger partial charge in [0.15, 0.2) is 0 Å². The first-order valence-electron chi connectivity index (χ1n) is 15.6. The van der Waals surface area contributed by atoms with Crippen molar-refractivity contribution in [3.63, 3.8) is 0 Å². The van der Waals surface area contributed by atoms with Crippen molar-refractivity contribution < 1.29 is 29.0 Å². The highest BCUT2D eigenvalue weighted by atomic mass is 16.6. The van der Waals surface area contributed by atoms with E-state index in [0.29, 0.717) is 16.5 Å². The largest absolute Gasteiger partial charge is 0.480 e. The molecule has 3 fully saturated rings. The van der Waals surface area contributed by atoms with Crippen LogP contribution >= 0.6 is 0 Å². The molecular weight excluding hydrogens is 566 g/mol. The summed E-state index contributed by atoms with van der Waals surface area (Å²) in [7, 11) is 0. The molecule has 4 aliphatic rings. The second-order valence-corrected chi connectivity index (χ2v) is 12.3. The summed E-state index contributed by atoms with van der Waals surface area (Å²) in [4.78, 5) is 59.1. The van der Waals surface area contributed by atoms with E-state index in [1.54, 1.807) is 12.1 Å². The van der Waals surface area contributed by atoms with Crippen molar-refractivity contribution in [3.8, 4) is 12.1 Å². The highest BCUT2D eigenvalue weighted by Gasteiger charge is 2.46. The first-order valence-corrected chi connectivity index (χ1v) is 15.6. The summed E-state index contributed by atoms with van der Waals surface area (Å²) in [6, 6.07) is 4.61. The van der Waals surface area contributed by atoms with Crippen molar-refractivity contribution in [3.05, 3.63) is 46.3 Å². The van der Waals surface area contributed by atoms with Crippen LogP contribution in [0.2, 0.25) is 0 Å². The number of allylic oxidation sites excluding steroid dienone is 2. The van der Waals surface area contributed by atoms with Crippen LogP contribution < -0.4 is 15.6 Å². The third kappa shape index (κ3) is 6.00. The molecule has 2 aromatic rings. The molecule has 2 aliphatic carbocycles. The zero-order valence-electron chi connectivity index (χ0n) is 24.5. The Morgan fingerprint density at radius 2 is 1.82 bits per heavy atom. The predicted octanol–water partition coefficient (Wildman–Crippen LogP) is 3.50. The molecule has 12 heteroatoms. The fraction of sp³-hybridized carbons (Fsp3) is 0.562. The van der Waals surface area contributed by atoms with E-state index in [1.807, 2.05) is 12.2 Å². The number of hydrogen-bond donors (Lipinski definition) is 2. The van der Waals surface area contributed by atoms with Gasteiger partial charge in [0.05, 0.1) is 29.1 Å². The number of ether oxygens (including phenoxy) is 2. The number of fused-ring (bicyclic) bond motifs is 5. The Morgan fingerprint density at radius 1 is 1.02 bits per heavy atom. The number of nitrogens with one attached hydrogen (secondary N) is 1. The van der Waals surface area contributed by atoms with Crippen LogP contribution in [0.25, 0.3) is 10.9 Å². The first-order chi connectivity index (χ1) is 21.3. The van der Waals surface area contributed by atoms with Crippen molar-refractivity contribution >= 4 is 28.9 Å². The fourth-order valence-electron chi connectivity index (χ4n) is 7.28. The number of carboxylic acids is 1. The molecule has 2 amide bonds. The number of carboxylic acid groups (broad SMARTS) is 1. The number of nitriles is 1. The lowest BCUT2D eigenvalue weighted by Crippen LogP contribution is -2.55. The monoisotopic (exact) mass is 603 g/mol. The van der Waals surface area contributed by atoms with Gasteiger partial charge >= 0.3 is 12.1 Å². The van der Waals surface area contributed by atoms with E-state index < -0.39 is 36.2 Å². The molecule has 232 valence electrons. The lowest BCUT2D eigenvalue weighted by Gasteiger charge is -2.31. The molecule has 6 rings (SSSR count). The van der Waals surface area contributed by atoms with Gasteiger partial charge in [0.25, 0.3) is 11.6 Å². The van der Waals surface area contributed by atoms with Gasteiger partial charge in [-0.2, -0.15) is 10.2 Å². The Kier molecular flexibility index (Phi) is 8.55. The highest BCUT2D eigenvalue weighted by Crippen LogP contribution is 2.34. The van der Waals surface area contributed by atoms with Crippen molar-refractivity contribution in [2.75, 3.05) is 6.54 Å². The quantitative estimate of drug-likeness (QED) is 0.489. The second-order valence-electron chi connectivity index (χ2n) is 12.3. The minimum absolute atomic E-state index is 0.00306. The summed E-state index contributed by atoms with van der Waals surface area (Å²) in [6.45, 7) is 0.119. The van der Waals surface area contributed by atoms with Crippen LogP contribution in [0.4, 0.5) is 4.79 Å². The average Bonchev–Trinajstić information content (AvgIpc) is 3.78. The van der Waals surface area contributed by atoms with Crippen LogP contribution in [0.5, 0.6) is 6.01 Å². The molecule has 1 saturated heterocycles. The number of nitrogens with zero attached hydrogens (tertiary/aromatic N) is 4. The van der Waals surface area contributed by atoms with Crippen LogP contribution in [0, 0.1) is 23.2 Å². The van der Waals surface area contributed by atoms with E-state index in [9.17, 15) is 29.5 Å². The summed E-state index contributed by atoms with van der Waals surface area (Å²) in [6.07, 6.45) is 9.69. The molecule has 2 N–H and O–H groups in total. The number of carbonyl (C=O) groups is 3. The van der Waals surface area contributed by atoms with E-state index in [4.69, 9.17) is 9.47 Å². The number of aliphatic carboxylic acids is 1. The summed E-state index contributed by atoms with van der Waals surface area (Å²) < 4.78 is 13.5. The summed E-state index contributed by atoms with van der Waals surface area (Å²) >= 11 is 0. The maximum Gasteiger partial charge on any atom is 0.408 e. The molecule has 1 aromatic heterocycles. The van der Waals surface area contributed by atoms with Gasteiger partial charge in [0.1, 0.15) is 24.3 Å². The molecule has 1 aromatic carbocycles. The molecule has 12 nitrogen and oxygen atoms in total. The number of alkyl carbamates (subject to hydrolysis) is 1. The van der Waals surface area contributed by atoms with Gasteiger partial charge in [-0.15, -0.1) is 0 Å². The van der Waals surface area contributed by atoms with Crippen molar-refractivity contribution in [2.45, 2.75) is 95.0 Å². The standard InChI is InChI=1S/C32H37N5O7/c33-17-19-12-13-23-24(15-19)34-31-36(28(23)38)14-5-1-2-7-20-10-6-11-26(20)44-32(42)35-27(21-8-3-4-9-21)29(39)37-18-22(43-31)16-25(37)30(40)41/h1,5,12-13,15,20-22,25-27H,2-4,6-11,14,16,18H2,(H,35,42)(H,40,41)/b5-1+/t20-,22-,25+,26-,27+/m1/s1. The molecule has 2 bridgehead atoms. The van der Waals surface area contributed by atoms with E-state index in [0.717, 1.165) is 57.8 Å². The number of benzene rings is 1. The zero-order valence-corrected chi connectivity index (χ0v) is 24.5. The number of carbonyl (C=O) groups excluding carboxylic acids is 2. The summed E-state index contributed by atoms with van der Waals surface area (Å²) in [5.74, 6) is -1.59. The average molecular weight is 604 g/mol. The Morgan fingerprint density at radius 3 is 2.59 bits per heavy atom. The van der Waals surface area contributed by atoms with Crippen LogP contribution in [-0.2, 0) is 20.9 Å². The molecule has 44 heavy (non-hydrogen) atoms. The first kappa shape index (κ1) is 29.7. The smallest absolute Gasteiger partial charge is 0.408 e. The fourth-order valence-corrected chi connectivity index (χ4v) is 7.28. The topological polar surface area (TPSA) is 164 Å². The van der Waals surface area contributed by atoms with Crippen molar-refractivity contribution in [2.24, 2.45) is 11.8 Å². The Bertz CT molecular complexity index is 1570. The van der Waals surface area contributed by atoms with Gasteiger partial charge < -0.3 is 24.8 Å². The van der Waals surface area contributed by atoms with E-state index in [1.165, 1.54) is 15.5 Å². The van der Waals surface area contributed by atoms with E-state index >= 15 is 0 Å². The normalized spacial score (nSPS) is 29.0. The Balaban J connectivity index is 1.38. The molecule has 0 unspecified atom stereocenters.